The molecule has 1 aromatic heterocycles. The van der Waals surface area contributed by atoms with E-state index in [1.54, 1.807) is 0 Å². The molecular weight excluding hydrogens is 258 g/mol. The van der Waals surface area contributed by atoms with E-state index < -0.39 is 0 Å². The van der Waals surface area contributed by atoms with Gasteiger partial charge in [0, 0.05) is 6.20 Å². The second-order valence-electron chi connectivity index (χ2n) is 5.88. The number of nitrogens with zero attached hydrogens (tertiary/aromatic N) is 2. The van der Waals surface area contributed by atoms with Gasteiger partial charge in [0.05, 0.1) is 11.7 Å². The molecule has 110 valence electrons. The average molecular weight is 281 g/mol. The number of benzene rings is 1. The predicted octanol–water partition coefficient (Wildman–Crippen LogP) is 3.63. The fourth-order valence-electron chi connectivity index (χ4n) is 3.09. The van der Waals surface area contributed by atoms with Gasteiger partial charge in [-0.1, -0.05) is 37.3 Å². The molecule has 1 aliphatic carbocycles. The number of rotatable bonds is 6. The predicted molar refractivity (Wildman–Crippen MR) is 85.1 cm³/mol. The highest BCUT2D eigenvalue weighted by atomic mass is 15.0. The fourth-order valence-corrected chi connectivity index (χ4v) is 3.09. The first-order valence-corrected chi connectivity index (χ1v) is 7.87. The number of aromatic nitrogens is 2. The van der Waals surface area contributed by atoms with Crippen molar-refractivity contribution >= 4 is 0 Å². The summed E-state index contributed by atoms with van der Waals surface area (Å²) >= 11 is 0. The largest absolute Gasteiger partial charge is 0.308 e. The zero-order valence-electron chi connectivity index (χ0n) is 12.8. The van der Waals surface area contributed by atoms with Gasteiger partial charge in [-0.15, -0.1) is 0 Å². The van der Waals surface area contributed by atoms with Crippen LogP contribution in [0.5, 0.6) is 0 Å². The van der Waals surface area contributed by atoms with Crippen LogP contribution in [-0.4, -0.2) is 16.5 Å². The molecule has 0 aliphatic heterocycles. The highest BCUT2D eigenvalue weighted by molar-refractivity contribution is 5.28. The first kappa shape index (κ1) is 14.2. The van der Waals surface area contributed by atoms with Crippen molar-refractivity contribution in [1.29, 1.82) is 0 Å². The fraction of sp³-hybridized carbons (Fsp3) is 0.444. The molecular formula is C18H23N3. The molecule has 0 amide bonds. The van der Waals surface area contributed by atoms with E-state index in [0.717, 1.165) is 24.5 Å². The Labute approximate surface area is 126 Å². The van der Waals surface area contributed by atoms with Crippen LogP contribution in [0.3, 0.4) is 0 Å². The van der Waals surface area contributed by atoms with Crippen molar-refractivity contribution in [3.63, 3.8) is 0 Å². The van der Waals surface area contributed by atoms with E-state index in [1.807, 2.05) is 13.1 Å². The van der Waals surface area contributed by atoms with Crippen LogP contribution in [0.25, 0.3) is 0 Å². The minimum absolute atomic E-state index is 0.344. The summed E-state index contributed by atoms with van der Waals surface area (Å²) in [6.07, 6.45) is 4.26. The lowest BCUT2D eigenvalue weighted by Gasteiger charge is -2.18. The van der Waals surface area contributed by atoms with E-state index in [1.165, 1.54) is 12.0 Å². The highest BCUT2D eigenvalue weighted by Crippen LogP contribution is 2.53. The van der Waals surface area contributed by atoms with Gasteiger partial charge in [-0.25, -0.2) is 9.97 Å². The lowest BCUT2D eigenvalue weighted by molar-refractivity contribution is 0.461. The molecule has 3 unspecified atom stereocenters. The average Bonchev–Trinajstić information content (AvgIpc) is 3.29. The second kappa shape index (κ2) is 6.35. The van der Waals surface area contributed by atoms with Crippen LogP contribution in [-0.2, 0) is 0 Å². The monoisotopic (exact) mass is 281 g/mol. The third-order valence-corrected chi connectivity index (χ3v) is 4.23. The molecule has 1 fully saturated rings. The van der Waals surface area contributed by atoms with Gasteiger partial charge >= 0.3 is 0 Å². The quantitative estimate of drug-likeness (QED) is 0.878. The van der Waals surface area contributed by atoms with Crippen LogP contribution in [0.2, 0.25) is 0 Å². The van der Waals surface area contributed by atoms with Gasteiger partial charge < -0.3 is 5.32 Å². The number of hydrogen-bond acceptors (Lipinski definition) is 3. The molecule has 3 rings (SSSR count). The van der Waals surface area contributed by atoms with Gasteiger partial charge in [0.1, 0.15) is 5.82 Å². The molecule has 21 heavy (non-hydrogen) atoms. The van der Waals surface area contributed by atoms with Crippen molar-refractivity contribution in [3.8, 4) is 0 Å². The van der Waals surface area contributed by atoms with Gasteiger partial charge in [-0.2, -0.15) is 0 Å². The molecule has 2 aromatic rings. The molecule has 1 aromatic carbocycles. The first-order chi connectivity index (χ1) is 10.3. The molecule has 3 heteroatoms. The summed E-state index contributed by atoms with van der Waals surface area (Å²) in [5, 5.41) is 3.68. The Balaban J connectivity index is 1.78. The maximum absolute atomic E-state index is 4.64. The SMILES string of the molecule is CCCNC(c1ccnc(C)n1)C1CC1c1ccccc1. The summed E-state index contributed by atoms with van der Waals surface area (Å²) in [5.41, 5.74) is 2.59. The van der Waals surface area contributed by atoms with E-state index in [2.05, 4.69) is 58.6 Å². The molecule has 3 nitrogen and oxygen atoms in total. The lowest BCUT2D eigenvalue weighted by atomic mass is 10.0. The van der Waals surface area contributed by atoms with Crippen LogP contribution in [0.1, 0.15) is 48.8 Å². The molecule has 3 atom stereocenters. The lowest BCUT2D eigenvalue weighted by Crippen LogP contribution is -2.25. The zero-order valence-corrected chi connectivity index (χ0v) is 12.8. The Hall–Kier alpha value is -1.74. The van der Waals surface area contributed by atoms with Crippen molar-refractivity contribution in [1.82, 2.24) is 15.3 Å². The molecule has 1 aliphatic rings. The minimum atomic E-state index is 0.344. The van der Waals surface area contributed by atoms with E-state index in [4.69, 9.17) is 0 Å². The molecule has 0 bridgehead atoms. The Bertz CT molecular complexity index is 582. The molecule has 0 saturated heterocycles. The van der Waals surface area contributed by atoms with Gasteiger partial charge in [0.15, 0.2) is 0 Å². The Morgan fingerprint density at radius 1 is 1.24 bits per heavy atom. The van der Waals surface area contributed by atoms with E-state index in [0.29, 0.717) is 17.9 Å². The highest BCUT2D eigenvalue weighted by Gasteiger charge is 2.44. The third-order valence-electron chi connectivity index (χ3n) is 4.23. The van der Waals surface area contributed by atoms with Crippen LogP contribution in [0, 0.1) is 12.8 Å². The third kappa shape index (κ3) is 3.30. The normalized spacial score (nSPS) is 22.0. The summed E-state index contributed by atoms with van der Waals surface area (Å²) in [7, 11) is 0. The molecule has 0 spiro atoms. The van der Waals surface area contributed by atoms with Gasteiger partial charge in [-0.3, -0.25) is 0 Å². The van der Waals surface area contributed by atoms with Crippen molar-refractivity contribution in [3.05, 3.63) is 59.7 Å². The first-order valence-electron chi connectivity index (χ1n) is 7.87. The Kier molecular flexibility index (Phi) is 4.30. The topological polar surface area (TPSA) is 37.8 Å². The zero-order chi connectivity index (χ0) is 14.7. The van der Waals surface area contributed by atoms with E-state index >= 15 is 0 Å². The summed E-state index contributed by atoms with van der Waals surface area (Å²) in [6.45, 7) is 5.20. The number of nitrogens with one attached hydrogen (secondary N) is 1. The summed E-state index contributed by atoms with van der Waals surface area (Å²) in [5.74, 6) is 2.16. The smallest absolute Gasteiger partial charge is 0.125 e. The Morgan fingerprint density at radius 3 is 2.76 bits per heavy atom. The van der Waals surface area contributed by atoms with E-state index in [-0.39, 0.29) is 0 Å². The molecule has 1 saturated carbocycles. The van der Waals surface area contributed by atoms with Crippen LogP contribution < -0.4 is 5.32 Å². The standard InChI is InChI=1S/C18H23N3/c1-3-10-20-18(17-9-11-19-13(2)21-17)16-12-15(16)14-7-5-4-6-8-14/h4-9,11,15-16,18,20H,3,10,12H2,1-2H3. The summed E-state index contributed by atoms with van der Waals surface area (Å²) in [6, 6.07) is 13.2. The molecule has 0 radical (unpaired) electrons. The maximum Gasteiger partial charge on any atom is 0.125 e. The number of hydrogen-bond donors (Lipinski definition) is 1. The van der Waals surface area contributed by atoms with Crippen LogP contribution in [0.4, 0.5) is 0 Å². The van der Waals surface area contributed by atoms with Gasteiger partial charge in [-0.05, 0) is 49.8 Å². The molecule has 1 N–H and O–H groups in total. The summed E-state index contributed by atoms with van der Waals surface area (Å²) in [4.78, 5) is 8.86. The van der Waals surface area contributed by atoms with Gasteiger partial charge in [0.25, 0.3) is 0 Å². The Morgan fingerprint density at radius 2 is 2.05 bits per heavy atom. The van der Waals surface area contributed by atoms with Crippen molar-refractivity contribution in [2.75, 3.05) is 6.54 Å². The van der Waals surface area contributed by atoms with E-state index in [9.17, 15) is 0 Å². The van der Waals surface area contributed by atoms with Crippen LogP contribution >= 0.6 is 0 Å². The van der Waals surface area contributed by atoms with Crippen molar-refractivity contribution < 1.29 is 0 Å². The molecule has 1 heterocycles. The second-order valence-corrected chi connectivity index (χ2v) is 5.88. The summed E-state index contributed by atoms with van der Waals surface area (Å²) < 4.78 is 0. The number of aryl methyl sites for hydroxylation is 1. The van der Waals surface area contributed by atoms with Crippen molar-refractivity contribution in [2.45, 2.75) is 38.6 Å². The maximum atomic E-state index is 4.64. The van der Waals surface area contributed by atoms with Gasteiger partial charge in [0.2, 0.25) is 0 Å². The van der Waals surface area contributed by atoms with Crippen LogP contribution in [0.15, 0.2) is 42.6 Å². The minimum Gasteiger partial charge on any atom is -0.308 e. The van der Waals surface area contributed by atoms with Crippen molar-refractivity contribution in [2.24, 2.45) is 5.92 Å².